The Morgan fingerprint density at radius 3 is 2.93 bits per heavy atom. The van der Waals surface area contributed by atoms with Gasteiger partial charge in [0.05, 0.1) is 0 Å². The molecule has 3 heteroatoms. The third-order valence-corrected chi connectivity index (χ3v) is 4.14. The van der Waals surface area contributed by atoms with Crippen molar-refractivity contribution in [2.75, 3.05) is 32.1 Å². The fraction of sp³-hybridized carbons (Fsp3) is 1.00. The second kappa shape index (κ2) is 7.53. The molecule has 2 unspecified atom stereocenters. The van der Waals surface area contributed by atoms with E-state index >= 15 is 0 Å². The van der Waals surface area contributed by atoms with Crippen molar-refractivity contribution in [1.82, 2.24) is 10.2 Å². The Bertz CT molecular complexity index is 164. The Labute approximate surface area is 99.2 Å². The molecule has 0 aromatic heterocycles. The van der Waals surface area contributed by atoms with Gasteiger partial charge in [0.25, 0.3) is 0 Å². The average Bonchev–Trinajstić information content (AvgIpc) is 2.21. The van der Waals surface area contributed by atoms with Crippen LogP contribution >= 0.6 is 11.8 Å². The fourth-order valence-corrected chi connectivity index (χ4v) is 2.93. The molecule has 0 radical (unpaired) electrons. The summed E-state index contributed by atoms with van der Waals surface area (Å²) in [6, 6.07) is 1.49. The summed E-state index contributed by atoms with van der Waals surface area (Å²) in [6.07, 6.45) is 7.70. The van der Waals surface area contributed by atoms with Crippen molar-refractivity contribution in [3.8, 4) is 0 Å². The van der Waals surface area contributed by atoms with Crippen LogP contribution < -0.4 is 5.32 Å². The molecule has 1 rings (SSSR count). The topological polar surface area (TPSA) is 15.3 Å². The molecule has 1 fully saturated rings. The van der Waals surface area contributed by atoms with Crippen LogP contribution in [0.4, 0.5) is 0 Å². The Morgan fingerprint density at radius 1 is 1.47 bits per heavy atom. The SMILES string of the molecule is CSCC(C)NCCC1CCCCN1C. The largest absolute Gasteiger partial charge is 0.313 e. The lowest BCUT2D eigenvalue weighted by Gasteiger charge is -2.32. The minimum atomic E-state index is 0.661. The molecule has 1 saturated heterocycles. The van der Waals surface area contributed by atoms with Crippen molar-refractivity contribution in [3.05, 3.63) is 0 Å². The van der Waals surface area contributed by atoms with Crippen molar-refractivity contribution in [2.45, 2.75) is 44.7 Å². The molecule has 1 heterocycles. The average molecular weight is 230 g/mol. The van der Waals surface area contributed by atoms with E-state index in [4.69, 9.17) is 0 Å². The van der Waals surface area contributed by atoms with Crippen molar-refractivity contribution in [3.63, 3.8) is 0 Å². The van der Waals surface area contributed by atoms with Gasteiger partial charge in [0, 0.05) is 17.8 Å². The predicted molar refractivity (Wildman–Crippen MR) is 70.7 cm³/mol. The molecule has 0 spiro atoms. The number of nitrogens with one attached hydrogen (secondary N) is 1. The van der Waals surface area contributed by atoms with E-state index in [1.54, 1.807) is 0 Å². The van der Waals surface area contributed by atoms with Gasteiger partial charge in [-0.1, -0.05) is 6.42 Å². The van der Waals surface area contributed by atoms with Gasteiger partial charge in [-0.2, -0.15) is 11.8 Å². The van der Waals surface area contributed by atoms with Crippen molar-refractivity contribution >= 4 is 11.8 Å². The highest BCUT2D eigenvalue weighted by Gasteiger charge is 2.18. The number of piperidine rings is 1. The monoisotopic (exact) mass is 230 g/mol. The van der Waals surface area contributed by atoms with E-state index in [9.17, 15) is 0 Å². The predicted octanol–water partition coefficient (Wildman–Crippen LogP) is 2.20. The summed E-state index contributed by atoms with van der Waals surface area (Å²) in [4.78, 5) is 2.53. The maximum Gasteiger partial charge on any atom is 0.0129 e. The Balaban J connectivity index is 2.08. The molecule has 15 heavy (non-hydrogen) atoms. The molecule has 0 aromatic carbocycles. The zero-order valence-corrected chi connectivity index (χ0v) is 11.3. The van der Waals surface area contributed by atoms with E-state index in [1.807, 2.05) is 11.8 Å². The van der Waals surface area contributed by atoms with Crippen molar-refractivity contribution in [1.29, 1.82) is 0 Å². The summed E-state index contributed by atoms with van der Waals surface area (Å²) in [5, 5.41) is 3.60. The molecule has 1 aliphatic rings. The lowest BCUT2D eigenvalue weighted by atomic mass is 10.0. The minimum absolute atomic E-state index is 0.661. The molecule has 90 valence electrons. The molecule has 0 amide bonds. The maximum absolute atomic E-state index is 3.60. The van der Waals surface area contributed by atoms with Crippen molar-refractivity contribution < 1.29 is 0 Å². The van der Waals surface area contributed by atoms with E-state index in [2.05, 4.69) is 30.4 Å². The Kier molecular flexibility index (Phi) is 6.69. The lowest BCUT2D eigenvalue weighted by Crippen LogP contribution is -2.39. The molecule has 2 atom stereocenters. The summed E-state index contributed by atoms with van der Waals surface area (Å²) >= 11 is 1.92. The van der Waals surface area contributed by atoms with Crippen LogP contribution in [0.25, 0.3) is 0 Å². The van der Waals surface area contributed by atoms with Gasteiger partial charge < -0.3 is 10.2 Å². The van der Waals surface area contributed by atoms with E-state index < -0.39 is 0 Å². The maximum atomic E-state index is 3.60. The van der Waals surface area contributed by atoms with Gasteiger partial charge >= 0.3 is 0 Å². The summed E-state index contributed by atoms with van der Waals surface area (Å²) in [6.45, 7) is 4.75. The number of likely N-dealkylation sites (tertiary alicyclic amines) is 1. The first-order chi connectivity index (χ1) is 7.24. The van der Waals surface area contributed by atoms with Gasteiger partial charge in [-0.3, -0.25) is 0 Å². The van der Waals surface area contributed by atoms with Crippen LogP contribution in [0.15, 0.2) is 0 Å². The van der Waals surface area contributed by atoms with Gasteiger partial charge in [0.1, 0.15) is 0 Å². The van der Waals surface area contributed by atoms with Crippen LogP contribution in [0, 0.1) is 0 Å². The third kappa shape index (κ3) is 5.23. The van der Waals surface area contributed by atoms with Gasteiger partial charge in [-0.05, 0) is 52.6 Å². The lowest BCUT2D eigenvalue weighted by molar-refractivity contribution is 0.175. The standard InChI is InChI=1S/C12H26N2S/c1-11(10-15-3)13-8-7-12-6-4-5-9-14(12)2/h11-13H,4-10H2,1-3H3. The van der Waals surface area contributed by atoms with E-state index in [1.165, 1.54) is 44.5 Å². The number of nitrogens with zero attached hydrogens (tertiary/aromatic N) is 1. The summed E-state index contributed by atoms with van der Waals surface area (Å²) in [5.74, 6) is 1.22. The van der Waals surface area contributed by atoms with Crippen LogP contribution in [-0.4, -0.2) is 49.1 Å². The molecule has 0 saturated carbocycles. The second-order valence-corrected chi connectivity index (χ2v) is 5.64. The molecule has 0 bridgehead atoms. The fourth-order valence-electron chi connectivity index (χ4n) is 2.31. The van der Waals surface area contributed by atoms with E-state index in [0.717, 1.165) is 6.04 Å². The summed E-state index contributed by atoms with van der Waals surface area (Å²) in [7, 11) is 2.27. The van der Waals surface area contributed by atoms with Crippen molar-refractivity contribution in [2.24, 2.45) is 0 Å². The number of thioether (sulfide) groups is 1. The number of hydrogen-bond acceptors (Lipinski definition) is 3. The van der Waals surface area contributed by atoms with Crippen LogP contribution in [0.5, 0.6) is 0 Å². The molecule has 0 aromatic rings. The van der Waals surface area contributed by atoms with Crippen LogP contribution in [0.2, 0.25) is 0 Å². The van der Waals surface area contributed by atoms with Gasteiger partial charge in [0.2, 0.25) is 0 Å². The molecule has 0 aliphatic carbocycles. The first-order valence-electron chi connectivity index (χ1n) is 6.16. The third-order valence-electron chi connectivity index (χ3n) is 3.31. The van der Waals surface area contributed by atoms with Crippen LogP contribution in [0.3, 0.4) is 0 Å². The minimum Gasteiger partial charge on any atom is -0.313 e. The number of rotatable bonds is 6. The Hall–Kier alpha value is 0.270. The molecule has 2 nitrogen and oxygen atoms in total. The highest BCUT2D eigenvalue weighted by atomic mass is 32.2. The zero-order valence-electron chi connectivity index (χ0n) is 10.5. The summed E-state index contributed by atoms with van der Waals surface area (Å²) in [5.41, 5.74) is 0. The molecular formula is C12H26N2S. The van der Waals surface area contributed by atoms with Crippen LogP contribution in [-0.2, 0) is 0 Å². The normalized spacial score (nSPS) is 25.4. The Morgan fingerprint density at radius 2 is 2.27 bits per heavy atom. The smallest absolute Gasteiger partial charge is 0.0129 e. The first-order valence-corrected chi connectivity index (χ1v) is 7.56. The summed E-state index contributed by atoms with van der Waals surface area (Å²) < 4.78 is 0. The van der Waals surface area contributed by atoms with E-state index in [0.29, 0.717) is 6.04 Å². The molecule has 1 aliphatic heterocycles. The molecular weight excluding hydrogens is 204 g/mol. The van der Waals surface area contributed by atoms with Gasteiger partial charge in [-0.15, -0.1) is 0 Å². The highest BCUT2D eigenvalue weighted by Crippen LogP contribution is 2.17. The van der Waals surface area contributed by atoms with Gasteiger partial charge in [-0.25, -0.2) is 0 Å². The number of hydrogen-bond donors (Lipinski definition) is 1. The highest BCUT2D eigenvalue weighted by molar-refractivity contribution is 7.98. The second-order valence-electron chi connectivity index (χ2n) is 4.73. The molecule has 1 N–H and O–H groups in total. The first kappa shape index (κ1) is 13.3. The van der Waals surface area contributed by atoms with Crippen LogP contribution in [0.1, 0.15) is 32.6 Å². The quantitative estimate of drug-likeness (QED) is 0.753. The zero-order chi connectivity index (χ0) is 11.1. The van der Waals surface area contributed by atoms with E-state index in [-0.39, 0.29) is 0 Å². The van der Waals surface area contributed by atoms with Gasteiger partial charge in [0.15, 0.2) is 0 Å².